The van der Waals surface area contributed by atoms with Crippen LogP contribution in [0.25, 0.3) is 0 Å². The molecular formula is C16H20N2O2. The molecule has 3 atom stereocenters. The first-order chi connectivity index (χ1) is 9.66. The summed E-state index contributed by atoms with van der Waals surface area (Å²) in [6.45, 7) is 2.35. The van der Waals surface area contributed by atoms with Crippen LogP contribution in [-0.2, 0) is 9.59 Å². The van der Waals surface area contributed by atoms with E-state index in [-0.39, 0.29) is 24.4 Å². The minimum atomic E-state index is -0.465. The third-order valence-corrected chi connectivity index (χ3v) is 4.40. The summed E-state index contributed by atoms with van der Waals surface area (Å²) < 4.78 is 0. The van der Waals surface area contributed by atoms with Crippen LogP contribution in [0.4, 0.5) is 0 Å². The van der Waals surface area contributed by atoms with Crippen LogP contribution in [0.1, 0.15) is 37.8 Å². The van der Waals surface area contributed by atoms with E-state index in [9.17, 15) is 9.59 Å². The lowest BCUT2D eigenvalue weighted by Crippen LogP contribution is -2.56. The van der Waals surface area contributed by atoms with E-state index in [0.717, 1.165) is 24.8 Å². The van der Waals surface area contributed by atoms with Gasteiger partial charge in [-0.25, -0.2) is 0 Å². The molecule has 0 aromatic heterocycles. The first-order valence-electron chi connectivity index (χ1n) is 7.30. The maximum absolute atomic E-state index is 12.3. The zero-order chi connectivity index (χ0) is 14.1. The molecule has 4 nitrogen and oxygen atoms in total. The molecule has 2 fully saturated rings. The van der Waals surface area contributed by atoms with Gasteiger partial charge in [-0.3, -0.25) is 9.59 Å². The largest absolute Gasteiger partial charge is 0.345 e. The molecule has 0 bridgehead atoms. The number of hydrogen-bond acceptors (Lipinski definition) is 2. The van der Waals surface area contributed by atoms with E-state index < -0.39 is 6.04 Å². The van der Waals surface area contributed by atoms with Gasteiger partial charge in [0.15, 0.2) is 0 Å². The van der Waals surface area contributed by atoms with E-state index in [4.69, 9.17) is 0 Å². The molecule has 2 amide bonds. The zero-order valence-corrected chi connectivity index (χ0v) is 11.7. The van der Waals surface area contributed by atoms with Gasteiger partial charge in [-0.15, -0.1) is 0 Å². The average molecular weight is 272 g/mol. The Bertz CT molecular complexity index is 514. The summed E-state index contributed by atoms with van der Waals surface area (Å²) in [7, 11) is 0. The van der Waals surface area contributed by atoms with Gasteiger partial charge in [0, 0.05) is 6.04 Å². The lowest BCUT2D eigenvalue weighted by atomic mass is 9.99. The maximum Gasteiger partial charge on any atom is 0.247 e. The quantitative estimate of drug-likeness (QED) is 0.893. The molecule has 2 aliphatic rings. The van der Waals surface area contributed by atoms with Crippen molar-refractivity contribution in [3.63, 3.8) is 0 Å². The third kappa shape index (κ3) is 2.30. The standard InChI is InChI=1S/C16H20N2O2/c1-11-7-8-13(9-11)18-14(19)10-17-16(20)15(18)12-5-3-2-4-6-12/h2-6,11,13,15H,7-10H2,1H3,(H,17,20). The monoisotopic (exact) mass is 272 g/mol. The van der Waals surface area contributed by atoms with Crippen molar-refractivity contribution >= 4 is 11.8 Å². The van der Waals surface area contributed by atoms with Crippen LogP contribution in [0.2, 0.25) is 0 Å². The lowest BCUT2D eigenvalue weighted by Gasteiger charge is -2.39. The fourth-order valence-electron chi connectivity index (χ4n) is 3.41. The Morgan fingerprint density at radius 3 is 2.55 bits per heavy atom. The molecule has 1 aromatic rings. The number of nitrogens with zero attached hydrogens (tertiary/aromatic N) is 1. The molecule has 1 aliphatic heterocycles. The predicted molar refractivity (Wildman–Crippen MR) is 75.8 cm³/mol. The minimum absolute atomic E-state index is 0.0394. The molecule has 0 spiro atoms. The summed E-state index contributed by atoms with van der Waals surface area (Å²) in [5, 5.41) is 2.71. The van der Waals surface area contributed by atoms with Gasteiger partial charge < -0.3 is 10.2 Å². The average Bonchev–Trinajstić information content (AvgIpc) is 2.88. The van der Waals surface area contributed by atoms with Gasteiger partial charge >= 0.3 is 0 Å². The topological polar surface area (TPSA) is 49.4 Å². The summed E-state index contributed by atoms with van der Waals surface area (Å²) in [5.74, 6) is 0.613. The van der Waals surface area contributed by atoms with Crippen LogP contribution in [0.5, 0.6) is 0 Å². The molecule has 20 heavy (non-hydrogen) atoms. The number of carbonyl (C=O) groups excluding carboxylic acids is 2. The normalized spacial score (nSPS) is 30.4. The number of carbonyl (C=O) groups is 2. The molecule has 3 rings (SSSR count). The Morgan fingerprint density at radius 2 is 1.90 bits per heavy atom. The van der Waals surface area contributed by atoms with Crippen molar-refractivity contribution in [1.29, 1.82) is 0 Å². The fourth-order valence-corrected chi connectivity index (χ4v) is 3.41. The summed E-state index contributed by atoms with van der Waals surface area (Å²) in [5.41, 5.74) is 0.901. The highest BCUT2D eigenvalue weighted by Gasteiger charge is 2.41. The summed E-state index contributed by atoms with van der Waals surface area (Å²) in [6.07, 6.45) is 3.14. The van der Waals surface area contributed by atoms with Gasteiger partial charge in [0.1, 0.15) is 6.04 Å². The number of rotatable bonds is 2. The zero-order valence-electron chi connectivity index (χ0n) is 11.7. The number of piperazine rings is 1. The van der Waals surface area contributed by atoms with Crippen molar-refractivity contribution in [1.82, 2.24) is 10.2 Å². The fraction of sp³-hybridized carbons (Fsp3) is 0.500. The number of nitrogens with one attached hydrogen (secondary N) is 1. The summed E-state index contributed by atoms with van der Waals surface area (Å²) in [6, 6.07) is 9.34. The molecular weight excluding hydrogens is 252 g/mol. The van der Waals surface area contributed by atoms with E-state index in [1.54, 1.807) is 0 Å². The van der Waals surface area contributed by atoms with Crippen LogP contribution >= 0.6 is 0 Å². The Balaban J connectivity index is 1.94. The number of amides is 2. The van der Waals surface area contributed by atoms with Crippen molar-refractivity contribution < 1.29 is 9.59 Å². The molecule has 1 N–H and O–H groups in total. The third-order valence-electron chi connectivity index (χ3n) is 4.40. The van der Waals surface area contributed by atoms with Gasteiger partial charge in [0.2, 0.25) is 11.8 Å². The van der Waals surface area contributed by atoms with Crippen LogP contribution in [0.15, 0.2) is 30.3 Å². The van der Waals surface area contributed by atoms with Crippen LogP contribution in [0, 0.1) is 5.92 Å². The lowest BCUT2D eigenvalue weighted by molar-refractivity contribution is -0.148. The van der Waals surface area contributed by atoms with Gasteiger partial charge in [0.05, 0.1) is 6.54 Å². The summed E-state index contributed by atoms with van der Waals surface area (Å²) >= 11 is 0. The van der Waals surface area contributed by atoms with Gasteiger partial charge in [-0.1, -0.05) is 37.3 Å². The molecule has 1 aromatic carbocycles. The smallest absolute Gasteiger partial charge is 0.247 e. The predicted octanol–water partition coefficient (Wildman–Crippen LogP) is 1.87. The second-order valence-electron chi connectivity index (χ2n) is 5.90. The van der Waals surface area contributed by atoms with Gasteiger partial charge in [0.25, 0.3) is 0 Å². The van der Waals surface area contributed by atoms with Crippen LogP contribution < -0.4 is 5.32 Å². The van der Waals surface area contributed by atoms with Crippen LogP contribution in [0.3, 0.4) is 0 Å². The highest BCUT2D eigenvalue weighted by Crippen LogP contribution is 2.35. The second-order valence-corrected chi connectivity index (χ2v) is 5.90. The van der Waals surface area contributed by atoms with Gasteiger partial charge in [-0.2, -0.15) is 0 Å². The second kappa shape index (κ2) is 5.27. The molecule has 1 saturated heterocycles. The summed E-state index contributed by atoms with van der Waals surface area (Å²) in [4.78, 5) is 26.4. The Labute approximate surface area is 119 Å². The first kappa shape index (κ1) is 13.2. The SMILES string of the molecule is CC1CCC(N2C(=O)CNC(=O)C2c2ccccc2)C1. The Kier molecular flexibility index (Phi) is 3.47. The van der Waals surface area contributed by atoms with Crippen molar-refractivity contribution in [2.24, 2.45) is 5.92 Å². The van der Waals surface area contributed by atoms with E-state index >= 15 is 0 Å². The van der Waals surface area contributed by atoms with Gasteiger partial charge in [-0.05, 0) is 30.7 Å². The Hall–Kier alpha value is -1.84. The highest BCUT2D eigenvalue weighted by atomic mass is 16.2. The van der Waals surface area contributed by atoms with Crippen molar-refractivity contribution in [3.05, 3.63) is 35.9 Å². The minimum Gasteiger partial charge on any atom is -0.345 e. The molecule has 1 saturated carbocycles. The first-order valence-corrected chi connectivity index (χ1v) is 7.30. The number of hydrogen-bond donors (Lipinski definition) is 1. The molecule has 0 radical (unpaired) electrons. The highest BCUT2D eigenvalue weighted by molar-refractivity contribution is 5.95. The molecule has 1 aliphatic carbocycles. The molecule has 1 heterocycles. The van der Waals surface area contributed by atoms with Crippen LogP contribution in [-0.4, -0.2) is 29.3 Å². The number of benzene rings is 1. The van der Waals surface area contributed by atoms with E-state index in [0.29, 0.717) is 5.92 Å². The molecule has 4 heteroatoms. The van der Waals surface area contributed by atoms with Crippen molar-refractivity contribution in [2.45, 2.75) is 38.3 Å². The van der Waals surface area contributed by atoms with E-state index in [1.807, 2.05) is 35.2 Å². The molecule has 106 valence electrons. The molecule has 3 unspecified atom stereocenters. The Morgan fingerprint density at radius 1 is 1.15 bits per heavy atom. The van der Waals surface area contributed by atoms with E-state index in [1.165, 1.54) is 0 Å². The van der Waals surface area contributed by atoms with Crippen molar-refractivity contribution in [3.8, 4) is 0 Å². The van der Waals surface area contributed by atoms with E-state index in [2.05, 4.69) is 12.2 Å². The maximum atomic E-state index is 12.3. The van der Waals surface area contributed by atoms with Crippen molar-refractivity contribution in [2.75, 3.05) is 6.54 Å².